The lowest BCUT2D eigenvalue weighted by atomic mass is 10.2. The molecule has 0 aliphatic carbocycles. The maximum Gasteiger partial charge on any atom is 0.407 e. The molecule has 2 rings (SSSR count). The number of pyridine rings is 1. The van der Waals surface area contributed by atoms with Crippen molar-refractivity contribution in [2.24, 2.45) is 0 Å². The normalized spacial score (nSPS) is 10.1. The van der Waals surface area contributed by atoms with Gasteiger partial charge in [0.1, 0.15) is 11.6 Å². The van der Waals surface area contributed by atoms with Crippen LogP contribution in [-0.4, -0.2) is 18.1 Å². The van der Waals surface area contributed by atoms with Gasteiger partial charge in [-0.3, -0.25) is 0 Å². The van der Waals surface area contributed by atoms with E-state index >= 15 is 0 Å². The average Bonchev–Trinajstić information content (AvgIpc) is 2.52. The molecule has 1 aromatic heterocycles. The van der Waals surface area contributed by atoms with E-state index in [0.29, 0.717) is 0 Å². The molecule has 0 atom stereocenters. The van der Waals surface area contributed by atoms with Gasteiger partial charge in [-0.05, 0) is 40.6 Å². The first-order chi connectivity index (χ1) is 9.78. The van der Waals surface area contributed by atoms with Crippen LogP contribution >= 0.6 is 21.6 Å². The summed E-state index contributed by atoms with van der Waals surface area (Å²) in [6.45, 7) is 0.276. The zero-order valence-electron chi connectivity index (χ0n) is 10.9. The van der Waals surface area contributed by atoms with Crippen molar-refractivity contribution in [1.29, 1.82) is 0 Å². The van der Waals surface area contributed by atoms with Crippen molar-refractivity contribution >= 4 is 27.7 Å². The zero-order chi connectivity index (χ0) is 14.2. The van der Waals surface area contributed by atoms with Gasteiger partial charge in [-0.15, -0.1) is 0 Å². The van der Waals surface area contributed by atoms with Gasteiger partial charge in [0, 0.05) is 18.1 Å². The third-order valence-corrected chi connectivity index (χ3v) is 4.66. The van der Waals surface area contributed by atoms with E-state index in [-0.39, 0.29) is 6.61 Å². The van der Waals surface area contributed by atoms with Crippen molar-refractivity contribution in [2.45, 2.75) is 16.5 Å². The van der Waals surface area contributed by atoms with Gasteiger partial charge in [0.05, 0.1) is 0 Å². The molecule has 20 heavy (non-hydrogen) atoms. The number of nitrogens with one attached hydrogen (secondary N) is 1. The molecule has 4 nitrogen and oxygen atoms in total. The topological polar surface area (TPSA) is 51.2 Å². The van der Waals surface area contributed by atoms with Crippen LogP contribution in [0, 0.1) is 0 Å². The summed E-state index contributed by atoms with van der Waals surface area (Å²) < 4.78 is 4.97. The molecule has 104 valence electrons. The summed E-state index contributed by atoms with van der Waals surface area (Å²) in [4.78, 5) is 16.3. The molecule has 1 N–H and O–H groups in total. The molecular formula is C14H14N2O2S2. The zero-order valence-corrected chi connectivity index (χ0v) is 12.5. The number of aromatic nitrogens is 1. The number of rotatable bonds is 5. The Hall–Kier alpha value is -1.66. The highest BCUT2D eigenvalue weighted by atomic mass is 33.1. The second-order valence-corrected chi connectivity index (χ2v) is 6.03. The van der Waals surface area contributed by atoms with E-state index in [1.54, 1.807) is 27.8 Å². The van der Waals surface area contributed by atoms with E-state index in [1.165, 1.54) is 7.05 Å². The largest absolute Gasteiger partial charge is 0.445 e. The number of nitrogens with zero attached hydrogens (tertiary/aromatic N) is 1. The van der Waals surface area contributed by atoms with Crippen LogP contribution in [-0.2, 0) is 11.3 Å². The average molecular weight is 306 g/mol. The molecule has 1 heterocycles. The van der Waals surface area contributed by atoms with E-state index in [1.807, 2.05) is 42.5 Å². The van der Waals surface area contributed by atoms with Gasteiger partial charge in [-0.2, -0.15) is 0 Å². The summed E-state index contributed by atoms with van der Waals surface area (Å²) >= 11 is 0. The second kappa shape index (κ2) is 7.81. The van der Waals surface area contributed by atoms with Crippen LogP contribution in [0.25, 0.3) is 0 Å². The predicted octanol–water partition coefficient (Wildman–Crippen LogP) is 3.74. The lowest BCUT2D eigenvalue weighted by Gasteiger charge is -2.05. The smallest absolute Gasteiger partial charge is 0.407 e. The molecule has 0 aliphatic rings. The molecule has 0 radical (unpaired) electrons. The molecular weight excluding hydrogens is 292 g/mol. The van der Waals surface area contributed by atoms with Gasteiger partial charge in [-0.1, -0.05) is 29.0 Å². The number of benzene rings is 1. The van der Waals surface area contributed by atoms with Crippen molar-refractivity contribution in [1.82, 2.24) is 10.3 Å². The minimum absolute atomic E-state index is 0.276. The van der Waals surface area contributed by atoms with E-state index in [0.717, 1.165) is 15.5 Å². The second-order valence-electron chi connectivity index (χ2n) is 3.80. The summed E-state index contributed by atoms with van der Waals surface area (Å²) in [6, 6.07) is 13.7. The number of carbonyl (C=O) groups is 1. The Morgan fingerprint density at radius 3 is 2.65 bits per heavy atom. The summed E-state index contributed by atoms with van der Waals surface area (Å²) in [6.07, 6.45) is 1.36. The number of amides is 1. The monoisotopic (exact) mass is 306 g/mol. The van der Waals surface area contributed by atoms with E-state index < -0.39 is 6.09 Å². The van der Waals surface area contributed by atoms with Crippen LogP contribution in [0.1, 0.15) is 5.56 Å². The quantitative estimate of drug-likeness (QED) is 0.853. The van der Waals surface area contributed by atoms with Crippen LogP contribution in [0.5, 0.6) is 0 Å². The van der Waals surface area contributed by atoms with Crippen molar-refractivity contribution in [3.63, 3.8) is 0 Å². The molecule has 6 heteroatoms. The molecule has 2 aromatic rings. The minimum atomic E-state index is -0.422. The Balaban J connectivity index is 1.84. The summed E-state index contributed by atoms with van der Waals surface area (Å²) in [7, 11) is 4.80. The highest BCUT2D eigenvalue weighted by Crippen LogP contribution is 2.35. The van der Waals surface area contributed by atoms with Gasteiger partial charge in [0.15, 0.2) is 0 Å². The molecule has 0 saturated carbocycles. The van der Waals surface area contributed by atoms with Gasteiger partial charge < -0.3 is 10.1 Å². The highest BCUT2D eigenvalue weighted by Gasteiger charge is 2.01. The fourth-order valence-electron chi connectivity index (χ4n) is 1.35. The third kappa shape index (κ3) is 4.79. The molecule has 0 unspecified atom stereocenters. The summed E-state index contributed by atoms with van der Waals surface area (Å²) in [5.74, 6) is 0. The van der Waals surface area contributed by atoms with Crippen molar-refractivity contribution in [3.05, 3.63) is 54.2 Å². The number of hydrogen-bond donors (Lipinski definition) is 1. The van der Waals surface area contributed by atoms with Crippen molar-refractivity contribution < 1.29 is 9.53 Å². The van der Waals surface area contributed by atoms with Crippen molar-refractivity contribution in [2.75, 3.05) is 7.05 Å². The van der Waals surface area contributed by atoms with Crippen molar-refractivity contribution in [3.8, 4) is 0 Å². The van der Waals surface area contributed by atoms with Crippen LogP contribution in [0.3, 0.4) is 0 Å². The molecule has 0 aliphatic heterocycles. The number of carbonyl (C=O) groups excluding carboxylic acids is 1. The molecule has 0 bridgehead atoms. The van der Waals surface area contributed by atoms with E-state index in [9.17, 15) is 4.79 Å². The van der Waals surface area contributed by atoms with Crippen LogP contribution in [0.15, 0.2) is 58.6 Å². The fraction of sp³-hybridized carbons (Fsp3) is 0.143. The van der Waals surface area contributed by atoms with E-state index in [2.05, 4.69) is 10.3 Å². The summed E-state index contributed by atoms with van der Waals surface area (Å²) in [5.41, 5.74) is 0.959. The number of hydrogen-bond acceptors (Lipinski definition) is 5. The maximum atomic E-state index is 11.0. The number of ether oxygens (including phenoxy) is 1. The minimum Gasteiger partial charge on any atom is -0.445 e. The Morgan fingerprint density at radius 2 is 2.00 bits per heavy atom. The fourth-order valence-corrected chi connectivity index (χ4v) is 3.19. The van der Waals surface area contributed by atoms with Gasteiger partial charge in [-0.25, -0.2) is 9.78 Å². The van der Waals surface area contributed by atoms with Crippen LogP contribution in [0.4, 0.5) is 4.79 Å². The van der Waals surface area contributed by atoms with Crippen LogP contribution in [0.2, 0.25) is 0 Å². The van der Waals surface area contributed by atoms with E-state index in [4.69, 9.17) is 4.74 Å². The number of alkyl carbamates (subject to hydrolysis) is 1. The molecule has 0 spiro atoms. The lowest BCUT2D eigenvalue weighted by Crippen LogP contribution is -2.18. The molecule has 1 aromatic carbocycles. The molecule has 0 saturated heterocycles. The van der Waals surface area contributed by atoms with Gasteiger partial charge in [0.2, 0.25) is 0 Å². The van der Waals surface area contributed by atoms with Crippen LogP contribution < -0.4 is 5.32 Å². The standard InChI is InChI=1S/C14H14N2O2S2/c1-15-14(17)18-10-11-5-7-12(8-6-11)19-20-13-4-2-3-9-16-13/h2-9H,10H2,1H3,(H,15,17). The molecule has 0 fully saturated rings. The lowest BCUT2D eigenvalue weighted by molar-refractivity contribution is 0.142. The first kappa shape index (κ1) is 14.7. The predicted molar refractivity (Wildman–Crippen MR) is 81.6 cm³/mol. The Kier molecular flexibility index (Phi) is 5.76. The maximum absolute atomic E-state index is 11.0. The van der Waals surface area contributed by atoms with Gasteiger partial charge in [0.25, 0.3) is 0 Å². The summed E-state index contributed by atoms with van der Waals surface area (Å²) in [5, 5.41) is 3.39. The third-order valence-electron chi connectivity index (χ3n) is 2.36. The van der Waals surface area contributed by atoms with Gasteiger partial charge >= 0.3 is 6.09 Å². The molecule has 1 amide bonds. The Morgan fingerprint density at radius 1 is 1.20 bits per heavy atom. The first-order valence-corrected chi connectivity index (χ1v) is 8.12. The first-order valence-electron chi connectivity index (χ1n) is 5.97. The Labute approximate surface area is 125 Å². The highest BCUT2D eigenvalue weighted by molar-refractivity contribution is 8.76. The SMILES string of the molecule is CNC(=O)OCc1ccc(SSc2ccccn2)cc1. The Bertz CT molecular complexity index is 547.